The highest BCUT2D eigenvalue weighted by Crippen LogP contribution is 2.23. The molecule has 25 heavy (non-hydrogen) atoms. The number of nitrogens with two attached hydrogens (primary N) is 1. The summed E-state index contributed by atoms with van der Waals surface area (Å²) in [6.07, 6.45) is 1.65. The number of carbonyl (C=O) groups excluding carboxylic acids is 2. The van der Waals surface area contributed by atoms with Crippen molar-refractivity contribution in [2.45, 2.75) is 13.5 Å². The molecule has 0 bridgehead atoms. The Morgan fingerprint density at radius 3 is 2.68 bits per heavy atom. The molecule has 0 spiro atoms. The number of para-hydroxylation sites is 1. The SMILES string of the molecule is Cc1cc(OCCn2cc(C(=O)C(N)=O)c3ccccc32)ccc1Cl. The molecule has 0 aliphatic carbocycles. The van der Waals surface area contributed by atoms with E-state index in [1.165, 1.54) is 0 Å². The molecule has 2 N–H and O–H groups in total. The van der Waals surface area contributed by atoms with Gasteiger partial charge in [0.2, 0.25) is 0 Å². The lowest BCUT2D eigenvalue weighted by molar-refractivity contribution is -0.114. The highest BCUT2D eigenvalue weighted by Gasteiger charge is 2.18. The number of primary amides is 1. The lowest BCUT2D eigenvalue weighted by Crippen LogP contribution is -2.22. The molecule has 1 aromatic heterocycles. The minimum absolute atomic E-state index is 0.311. The fourth-order valence-corrected chi connectivity index (χ4v) is 2.83. The van der Waals surface area contributed by atoms with Gasteiger partial charge in [-0.2, -0.15) is 0 Å². The molecule has 0 saturated heterocycles. The Bertz CT molecular complexity index is 962. The van der Waals surface area contributed by atoms with Crippen molar-refractivity contribution in [1.82, 2.24) is 4.57 Å². The van der Waals surface area contributed by atoms with Crippen molar-refractivity contribution >= 4 is 34.2 Å². The first kappa shape index (κ1) is 17.0. The molecule has 6 heteroatoms. The summed E-state index contributed by atoms with van der Waals surface area (Å²) < 4.78 is 7.64. The van der Waals surface area contributed by atoms with Crippen LogP contribution in [-0.4, -0.2) is 22.9 Å². The zero-order valence-corrected chi connectivity index (χ0v) is 14.4. The molecule has 0 radical (unpaired) electrons. The maximum atomic E-state index is 12.0. The summed E-state index contributed by atoms with van der Waals surface area (Å²) in [6, 6.07) is 12.9. The van der Waals surface area contributed by atoms with E-state index in [9.17, 15) is 9.59 Å². The predicted molar refractivity (Wildman–Crippen MR) is 97.1 cm³/mol. The number of ether oxygens (including phenoxy) is 1. The van der Waals surface area contributed by atoms with Gasteiger partial charge < -0.3 is 15.0 Å². The van der Waals surface area contributed by atoms with E-state index in [0.29, 0.717) is 29.1 Å². The number of benzene rings is 2. The van der Waals surface area contributed by atoms with E-state index >= 15 is 0 Å². The quantitative estimate of drug-likeness (QED) is 0.543. The van der Waals surface area contributed by atoms with Crippen molar-refractivity contribution < 1.29 is 14.3 Å². The van der Waals surface area contributed by atoms with Crippen LogP contribution in [0.4, 0.5) is 0 Å². The molecule has 0 aliphatic rings. The Morgan fingerprint density at radius 1 is 1.20 bits per heavy atom. The number of aryl methyl sites for hydroxylation is 1. The summed E-state index contributed by atoms with van der Waals surface area (Å²) in [5.74, 6) is -0.924. The van der Waals surface area contributed by atoms with Gasteiger partial charge in [0.25, 0.3) is 11.7 Å². The van der Waals surface area contributed by atoms with Gasteiger partial charge >= 0.3 is 0 Å². The standard InChI is InChI=1S/C19H17ClN2O3/c1-12-10-13(6-7-16(12)20)25-9-8-22-11-15(18(23)19(21)24)14-4-2-3-5-17(14)22/h2-7,10-11H,8-9H2,1H3,(H2,21,24). The Labute approximate surface area is 149 Å². The monoisotopic (exact) mass is 356 g/mol. The molecule has 5 nitrogen and oxygen atoms in total. The Hall–Kier alpha value is -2.79. The van der Waals surface area contributed by atoms with Crippen LogP contribution in [0.25, 0.3) is 10.9 Å². The van der Waals surface area contributed by atoms with Crippen molar-refractivity contribution in [3.05, 3.63) is 64.8 Å². The summed E-state index contributed by atoms with van der Waals surface area (Å²) in [6.45, 7) is 2.84. The van der Waals surface area contributed by atoms with Gasteiger partial charge in [-0.1, -0.05) is 29.8 Å². The van der Waals surface area contributed by atoms with Gasteiger partial charge in [0.05, 0.1) is 12.1 Å². The smallest absolute Gasteiger partial charge is 0.289 e. The minimum Gasteiger partial charge on any atom is -0.492 e. The van der Waals surface area contributed by atoms with Crippen LogP contribution in [0.15, 0.2) is 48.7 Å². The third-order valence-electron chi connectivity index (χ3n) is 3.99. The second kappa shape index (κ2) is 6.99. The molecule has 2 aromatic carbocycles. The van der Waals surface area contributed by atoms with Crippen LogP contribution in [0, 0.1) is 6.92 Å². The number of Topliss-reactive ketones (excluding diaryl/α,β-unsaturated/α-hetero) is 1. The van der Waals surface area contributed by atoms with Crippen molar-refractivity contribution in [3.63, 3.8) is 0 Å². The molecule has 0 fully saturated rings. The molecule has 3 aromatic rings. The molecule has 3 rings (SSSR count). The lowest BCUT2D eigenvalue weighted by atomic mass is 10.1. The van der Waals surface area contributed by atoms with E-state index in [-0.39, 0.29) is 0 Å². The van der Waals surface area contributed by atoms with E-state index in [0.717, 1.165) is 16.8 Å². The summed E-state index contributed by atoms with van der Waals surface area (Å²) >= 11 is 6.00. The number of halogens is 1. The normalized spacial score (nSPS) is 10.8. The van der Waals surface area contributed by atoms with E-state index in [2.05, 4.69) is 0 Å². The van der Waals surface area contributed by atoms with E-state index in [1.807, 2.05) is 41.8 Å². The van der Waals surface area contributed by atoms with Gasteiger partial charge in [0, 0.05) is 22.1 Å². The second-order valence-corrected chi connectivity index (χ2v) is 6.11. The number of ketones is 1. The summed E-state index contributed by atoms with van der Waals surface area (Å²) in [7, 11) is 0. The summed E-state index contributed by atoms with van der Waals surface area (Å²) in [5, 5.41) is 1.40. The maximum absolute atomic E-state index is 12.0. The predicted octanol–water partition coefficient (Wildman–Crippen LogP) is 3.35. The lowest BCUT2D eigenvalue weighted by Gasteiger charge is -2.09. The van der Waals surface area contributed by atoms with E-state index < -0.39 is 11.7 Å². The van der Waals surface area contributed by atoms with Gasteiger partial charge in [-0.15, -0.1) is 0 Å². The summed E-state index contributed by atoms with van der Waals surface area (Å²) in [5.41, 5.74) is 7.24. The molecule has 1 heterocycles. The van der Waals surface area contributed by atoms with E-state index in [1.54, 1.807) is 18.3 Å². The topological polar surface area (TPSA) is 74.3 Å². The van der Waals surface area contributed by atoms with E-state index in [4.69, 9.17) is 22.1 Å². The van der Waals surface area contributed by atoms with Crippen LogP contribution in [0.1, 0.15) is 15.9 Å². The zero-order chi connectivity index (χ0) is 18.0. The van der Waals surface area contributed by atoms with Crippen LogP contribution in [0.5, 0.6) is 5.75 Å². The number of fused-ring (bicyclic) bond motifs is 1. The fraction of sp³-hybridized carbons (Fsp3) is 0.158. The first-order valence-corrected chi connectivity index (χ1v) is 8.16. The number of hydrogen-bond acceptors (Lipinski definition) is 3. The van der Waals surface area contributed by atoms with Crippen molar-refractivity contribution in [3.8, 4) is 5.75 Å². The largest absolute Gasteiger partial charge is 0.492 e. The Kier molecular flexibility index (Phi) is 4.76. The molecule has 1 amide bonds. The zero-order valence-electron chi connectivity index (χ0n) is 13.7. The fourth-order valence-electron chi connectivity index (χ4n) is 2.71. The van der Waals surface area contributed by atoms with Gasteiger partial charge in [0.15, 0.2) is 0 Å². The number of carbonyl (C=O) groups is 2. The molecule has 0 unspecified atom stereocenters. The van der Waals surface area contributed by atoms with Gasteiger partial charge in [-0.05, 0) is 36.8 Å². The summed E-state index contributed by atoms with van der Waals surface area (Å²) in [4.78, 5) is 23.2. The minimum atomic E-state index is -0.962. The second-order valence-electron chi connectivity index (χ2n) is 5.71. The highest BCUT2D eigenvalue weighted by atomic mass is 35.5. The van der Waals surface area contributed by atoms with Crippen LogP contribution >= 0.6 is 11.6 Å². The maximum Gasteiger partial charge on any atom is 0.289 e. The number of nitrogens with zero attached hydrogens (tertiary/aromatic N) is 1. The number of hydrogen-bond donors (Lipinski definition) is 1. The van der Waals surface area contributed by atoms with Gasteiger partial charge in [-0.25, -0.2) is 0 Å². The molecule has 128 valence electrons. The Balaban J connectivity index is 1.80. The molecule has 0 atom stereocenters. The van der Waals surface area contributed by atoms with Crippen LogP contribution in [0.2, 0.25) is 5.02 Å². The third kappa shape index (κ3) is 3.51. The number of rotatable bonds is 6. The molecular weight excluding hydrogens is 340 g/mol. The molecular formula is C19H17ClN2O3. The van der Waals surface area contributed by atoms with Crippen molar-refractivity contribution in [2.24, 2.45) is 5.73 Å². The van der Waals surface area contributed by atoms with Crippen LogP contribution in [0.3, 0.4) is 0 Å². The molecule has 0 aliphatic heterocycles. The van der Waals surface area contributed by atoms with Crippen molar-refractivity contribution in [1.29, 1.82) is 0 Å². The third-order valence-corrected chi connectivity index (χ3v) is 4.41. The average molecular weight is 357 g/mol. The van der Waals surface area contributed by atoms with Crippen LogP contribution in [-0.2, 0) is 11.3 Å². The first-order chi connectivity index (χ1) is 12.0. The number of amides is 1. The Morgan fingerprint density at radius 2 is 1.96 bits per heavy atom. The number of aromatic nitrogens is 1. The van der Waals surface area contributed by atoms with Gasteiger partial charge in [-0.3, -0.25) is 9.59 Å². The molecule has 0 saturated carbocycles. The highest BCUT2D eigenvalue weighted by molar-refractivity contribution is 6.44. The first-order valence-electron chi connectivity index (χ1n) is 7.78. The van der Waals surface area contributed by atoms with Crippen molar-refractivity contribution in [2.75, 3.05) is 6.61 Å². The average Bonchev–Trinajstić information content (AvgIpc) is 2.96. The van der Waals surface area contributed by atoms with Crippen LogP contribution < -0.4 is 10.5 Å². The van der Waals surface area contributed by atoms with Gasteiger partial charge in [0.1, 0.15) is 12.4 Å².